The first kappa shape index (κ1) is 16.9. The van der Waals surface area contributed by atoms with E-state index in [0.29, 0.717) is 5.75 Å². The number of benzene rings is 2. The van der Waals surface area contributed by atoms with Crippen molar-refractivity contribution in [1.82, 2.24) is 9.97 Å². The van der Waals surface area contributed by atoms with Gasteiger partial charge in [-0.05, 0) is 42.0 Å². The van der Waals surface area contributed by atoms with E-state index in [9.17, 15) is 8.42 Å². The molecule has 25 heavy (non-hydrogen) atoms. The molecule has 3 aromatic rings. The molecule has 0 spiro atoms. The summed E-state index contributed by atoms with van der Waals surface area (Å²) < 4.78 is 33.6. The summed E-state index contributed by atoms with van der Waals surface area (Å²) in [5.74, 6) is 1.24. The van der Waals surface area contributed by atoms with Gasteiger partial charge in [0.25, 0.3) is 0 Å². The second kappa shape index (κ2) is 6.90. The van der Waals surface area contributed by atoms with E-state index in [0.717, 1.165) is 23.1 Å². The van der Waals surface area contributed by atoms with Crippen LogP contribution < -0.4 is 9.47 Å². The molecule has 0 unspecified atom stereocenters. The van der Waals surface area contributed by atoms with Gasteiger partial charge < -0.3 is 9.47 Å². The standard InChI is InChI=1S/C18H16N2O4S/c1-23-15-5-3-13(4-6-15)14-11-19-18(20-12-14)24-16-7-9-17(10-8-16)25(2,21)22/h3-12H,1-2H3. The van der Waals surface area contributed by atoms with Crippen LogP contribution >= 0.6 is 0 Å². The molecule has 6 nitrogen and oxygen atoms in total. The minimum atomic E-state index is -3.23. The van der Waals surface area contributed by atoms with Crippen molar-refractivity contribution in [2.45, 2.75) is 4.90 Å². The highest BCUT2D eigenvalue weighted by Gasteiger charge is 2.08. The van der Waals surface area contributed by atoms with Crippen LogP contribution in [0.15, 0.2) is 65.8 Å². The number of hydrogen-bond donors (Lipinski definition) is 0. The van der Waals surface area contributed by atoms with Gasteiger partial charge in [-0.3, -0.25) is 0 Å². The first-order valence-corrected chi connectivity index (χ1v) is 9.29. The summed E-state index contributed by atoms with van der Waals surface area (Å²) in [6.07, 6.45) is 4.48. The Labute approximate surface area is 146 Å². The summed E-state index contributed by atoms with van der Waals surface area (Å²) in [4.78, 5) is 8.59. The first-order chi connectivity index (χ1) is 12.0. The molecule has 0 N–H and O–H groups in total. The summed E-state index contributed by atoms with van der Waals surface area (Å²) >= 11 is 0. The predicted octanol–water partition coefficient (Wildman–Crippen LogP) is 3.35. The first-order valence-electron chi connectivity index (χ1n) is 7.40. The molecule has 1 aromatic heterocycles. The number of methoxy groups -OCH3 is 1. The Morgan fingerprint density at radius 2 is 1.36 bits per heavy atom. The molecule has 0 fully saturated rings. The molecular formula is C18H16N2O4S. The Morgan fingerprint density at radius 1 is 0.800 bits per heavy atom. The fourth-order valence-corrected chi connectivity index (χ4v) is 2.79. The molecule has 128 valence electrons. The second-order valence-electron chi connectivity index (χ2n) is 5.33. The van der Waals surface area contributed by atoms with Gasteiger partial charge in [0.05, 0.1) is 12.0 Å². The SMILES string of the molecule is COc1ccc(-c2cnc(Oc3ccc(S(C)(=O)=O)cc3)nc2)cc1. The summed E-state index contributed by atoms with van der Waals surface area (Å²) in [7, 11) is -1.61. The van der Waals surface area contributed by atoms with E-state index in [-0.39, 0.29) is 10.9 Å². The summed E-state index contributed by atoms with van der Waals surface area (Å²) in [6, 6.07) is 13.8. The van der Waals surface area contributed by atoms with Gasteiger partial charge in [-0.15, -0.1) is 0 Å². The normalized spacial score (nSPS) is 11.1. The molecule has 7 heteroatoms. The average molecular weight is 356 g/mol. The lowest BCUT2D eigenvalue weighted by molar-refractivity contribution is 0.415. The van der Waals surface area contributed by atoms with Gasteiger partial charge in [0.1, 0.15) is 11.5 Å². The molecule has 0 amide bonds. The maximum Gasteiger partial charge on any atom is 0.321 e. The minimum Gasteiger partial charge on any atom is -0.497 e. The highest BCUT2D eigenvalue weighted by atomic mass is 32.2. The van der Waals surface area contributed by atoms with Crippen LogP contribution in [0.4, 0.5) is 0 Å². The average Bonchev–Trinajstić information content (AvgIpc) is 2.62. The van der Waals surface area contributed by atoms with E-state index in [2.05, 4.69) is 9.97 Å². The van der Waals surface area contributed by atoms with Gasteiger partial charge in [0, 0.05) is 24.2 Å². The lowest BCUT2D eigenvalue weighted by Gasteiger charge is -2.06. The van der Waals surface area contributed by atoms with E-state index >= 15 is 0 Å². The number of hydrogen-bond acceptors (Lipinski definition) is 6. The van der Waals surface area contributed by atoms with Crippen molar-refractivity contribution >= 4 is 9.84 Å². The third kappa shape index (κ3) is 4.13. The van der Waals surface area contributed by atoms with E-state index in [1.807, 2.05) is 24.3 Å². The van der Waals surface area contributed by atoms with Gasteiger partial charge >= 0.3 is 6.01 Å². The summed E-state index contributed by atoms with van der Waals surface area (Å²) in [5, 5.41) is 0. The van der Waals surface area contributed by atoms with Crippen molar-refractivity contribution < 1.29 is 17.9 Å². The Hall–Kier alpha value is -2.93. The highest BCUT2D eigenvalue weighted by molar-refractivity contribution is 7.90. The molecule has 3 rings (SSSR count). The lowest BCUT2D eigenvalue weighted by atomic mass is 10.1. The van der Waals surface area contributed by atoms with Crippen molar-refractivity contribution in [3.8, 4) is 28.6 Å². The third-order valence-corrected chi connectivity index (χ3v) is 4.64. The lowest BCUT2D eigenvalue weighted by Crippen LogP contribution is -1.97. The third-order valence-electron chi connectivity index (χ3n) is 3.51. The molecular weight excluding hydrogens is 340 g/mol. The molecule has 1 heterocycles. The molecule has 0 aliphatic carbocycles. The van der Waals surface area contributed by atoms with Crippen LogP contribution in [0.3, 0.4) is 0 Å². The number of nitrogens with zero attached hydrogens (tertiary/aromatic N) is 2. The zero-order chi connectivity index (χ0) is 17.9. The molecule has 0 bridgehead atoms. The van der Waals surface area contributed by atoms with Gasteiger partial charge in [-0.1, -0.05) is 12.1 Å². The van der Waals surface area contributed by atoms with E-state index in [1.54, 1.807) is 31.6 Å². The van der Waals surface area contributed by atoms with Crippen LogP contribution in [0, 0.1) is 0 Å². The Kier molecular flexibility index (Phi) is 4.67. The van der Waals surface area contributed by atoms with Crippen LogP contribution in [0.5, 0.6) is 17.5 Å². The topological polar surface area (TPSA) is 78.4 Å². The highest BCUT2D eigenvalue weighted by Crippen LogP contribution is 2.24. The molecule has 0 aliphatic rings. The zero-order valence-electron chi connectivity index (χ0n) is 13.7. The Morgan fingerprint density at radius 3 is 1.88 bits per heavy atom. The van der Waals surface area contributed by atoms with Crippen molar-refractivity contribution in [3.63, 3.8) is 0 Å². The summed E-state index contributed by atoms with van der Waals surface area (Å²) in [6.45, 7) is 0. The van der Waals surface area contributed by atoms with Gasteiger partial charge in [0.15, 0.2) is 9.84 Å². The molecule has 0 aliphatic heterocycles. The molecule has 0 saturated carbocycles. The minimum absolute atomic E-state index is 0.185. The fourth-order valence-electron chi connectivity index (χ4n) is 2.16. The van der Waals surface area contributed by atoms with Crippen molar-refractivity contribution in [1.29, 1.82) is 0 Å². The van der Waals surface area contributed by atoms with Gasteiger partial charge in [0.2, 0.25) is 0 Å². The van der Waals surface area contributed by atoms with Gasteiger partial charge in [-0.25, -0.2) is 18.4 Å². The molecule has 2 aromatic carbocycles. The summed E-state index contributed by atoms with van der Waals surface area (Å²) in [5.41, 5.74) is 1.81. The fraction of sp³-hybridized carbons (Fsp3) is 0.111. The molecule has 0 atom stereocenters. The quantitative estimate of drug-likeness (QED) is 0.698. The van der Waals surface area contributed by atoms with Crippen molar-refractivity contribution in [2.75, 3.05) is 13.4 Å². The van der Waals surface area contributed by atoms with Gasteiger partial charge in [-0.2, -0.15) is 0 Å². The largest absolute Gasteiger partial charge is 0.497 e. The van der Waals surface area contributed by atoms with Crippen LogP contribution in [-0.2, 0) is 9.84 Å². The smallest absolute Gasteiger partial charge is 0.321 e. The Bertz CT molecular complexity index is 951. The van der Waals surface area contributed by atoms with Crippen LogP contribution in [-0.4, -0.2) is 31.8 Å². The zero-order valence-corrected chi connectivity index (χ0v) is 14.5. The predicted molar refractivity (Wildman–Crippen MR) is 93.6 cm³/mol. The van der Waals surface area contributed by atoms with E-state index in [4.69, 9.17) is 9.47 Å². The van der Waals surface area contributed by atoms with E-state index < -0.39 is 9.84 Å². The Balaban J connectivity index is 1.74. The van der Waals surface area contributed by atoms with Crippen LogP contribution in [0.25, 0.3) is 11.1 Å². The monoisotopic (exact) mass is 356 g/mol. The second-order valence-corrected chi connectivity index (χ2v) is 7.34. The maximum absolute atomic E-state index is 11.4. The number of sulfone groups is 1. The van der Waals surface area contributed by atoms with Crippen molar-refractivity contribution in [2.24, 2.45) is 0 Å². The van der Waals surface area contributed by atoms with Crippen molar-refractivity contribution in [3.05, 3.63) is 60.9 Å². The molecule has 0 radical (unpaired) electrons. The van der Waals surface area contributed by atoms with Crippen LogP contribution in [0.1, 0.15) is 0 Å². The van der Waals surface area contributed by atoms with E-state index in [1.165, 1.54) is 12.1 Å². The number of rotatable bonds is 5. The van der Waals surface area contributed by atoms with Crippen LogP contribution in [0.2, 0.25) is 0 Å². The number of aromatic nitrogens is 2. The maximum atomic E-state index is 11.4. The number of ether oxygens (including phenoxy) is 2. The molecule has 0 saturated heterocycles.